The third-order valence-electron chi connectivity index (χ3n) is 7.71. The Hall–Kier alpha value is -0.120. The Morgan fingerprint density at radius 2 is 1.07 bits per heavy atom. The maximum absolute atomic E-state index is 2.81. The quantitative estimate of drug-likeness (QED) is 0.670. The lowest BCUT2D eigenvalue weighted by Gasteiger charge is -2.45. The van der Waals surface area contributed by atoms with Gasteiger partial charge in [-0.15, -0.1) is 0 Å². The lowest BCUT2D eigenvalue weighted by Crippen LogP contribution is -2.48. The molecule has 3 heteroatoms. The highest BCUT2D eigenvalue weighted by molar-refractivity contribution is 4.87. The second-order valence-corrected chi connectivity index (χ2v) is 12.4. The number of rotatable bonds is 4. The van der Waals surface area contributed by atoms with Gasteiger partial charge in [-0.2, -0.15) is 0 Å². The van der Waals surface area contributed by atoms with Gasteiger partial charge < -0.3 is 9.80 Å². The molecular weight excluding hydrogens is 342 g/mol. The molecule has 3 rings (SSSR count). The zero-order valence-corrected chi connectivity index (χ0v) is 20.0. The van der Waals surface area contributed by atoms with Crippen molar-refractivity contribution in [3.05, 3.63) is 0 Å². The van der Waals surface area contributed by atoms with E-state index in [0.29, 0.717) is 11.0 Å². The molecule has 0 aliphatic carbocycles. The SMILES string of the molecule is CC(C)(C)CN1CCC(CN2CCC(C3CCN(C(C)(C)C)CC3)CC2)CC1. The zero-order chi connectivity index (χ0) is 20.4. The second-order valence-electron chi connectivity index (χ2n) is 12.4. The Morgan fingerprint density at radius 3 is 1.54 bits per heavy atom. The molecule has 0 spiro atoms. The first-order valence-corrected chi connectivity index (χ1v) is 12.3. The summed E-state index contributed by atoms with van der Waals surface area (Å²) in [4.78, 5) is 8.21. The van der Waals surface area contributed by atoms with Crippen LogP contribution in [0.15, 0.2) is 0 Å². The molecular formula is C25H49N3. The molecule has 3 heterocycles. The van der Waals surface area contributed by atoms with Crippen LogP contribution in [0.5, 0.6) is 0 Å². The van der Waals surface area contributed by atoms with Crippen molar-refractivity contribution in [2.45, 2.75) is 85.6 Å². The second kappa shape index (κ2) is 9.35. The highest BCUT2D eigenvalue weighted by atomic mass is 15.2. The lowest BCUT2D eigenvalue weighted by molar-refractivity contribution is 0.0464. The monoisotopic (exact) mass is 391 g/mol. The van der Waals surface area contributed by atoms with Crippen LogP contribution in [-0.2, 0) is 0 Å². The molecule has 0 aromatic rings. The van der Waals surface area contributed by atoms with Crippen molar-refractivity contribution in [2.75, 3.05) is 52.4 Å². The standard InChI is InChI=1S/C25H49N3/c1-24(2,3)20-27-13-7-21(8-14-27)19-26-15-9-22(10-16-26)23-11-17-28(18-12-23)25(4,5)6/h21-23H,7-20H2,1-6H3. The number of likely N-dealkylation sites (tertiary alicyclic amines) is 3. The molecule has 0 amide bonds. The van der Waals surface area contributed by atoms with Gasteiger partial charge in [0.25, 0.3) is 0 Å². The van der Waals surface area contributed by atoms with Crippen LogP contribution in [0.25, 0.3) is 0 Å². The van der Waals surface area contributed by atoms with E-state index in [1.165, 1.54) is 90.9 Å². The van der Waals surface area contributed by atoms with E-state index >= 15 is 0 Å². The predicted molar refractivity (Wildman–Crippen MR) is 122 cm³/mol. The van der Waals surface area contributed by atoms with Crippen molar-refractivity contribution in [1.29, 1.82) is 0 Å². The minimum Gasteiger partial charge on any atom is -0.303 e. The molecule has 164 valence electrons. The van der Waals surface area contributed by atoms with Gasteiger partial charge in [0.05, 0.1) is 0 Å². The van der Waals surface area contributed by atoms with Gasteiger partial charge in [0, 0.05) is 18.6 Å². The van der Waals surface area contributed by atoms with Gasteiger partial charge >= 0.3 is 0 Å². The average molecular weight is 392 g/mol. The maximum atomic E-state index is 2.81. The predicted octanol–water partition coefficient (Wildman–Crippen LogP) is 4.97. The molecule has 0 bridgehead atoms. The summed E-state index contributed by atoms with van der Waals surface area (Å²) in [5.41, 5.74) is 0.800. The van der Waals surface area contributed by atoms with Crippen LogP contribution < -0.4 is 0 Å². The van der Waals surface area contributed by atoms with E-state index < -0.39 is 0 Å². The molecule has 0 aromatic carbocycles. The van der Waals surface area contributed by atoms with Crippen molar-refractivity contribution in [3.63, 3.8) is 0 Å². The Kier molecular flexibility index (Phi) is 7.53. The minimum atomic E-state index is 0.358. The van der Waals surface area contributed by atoms with E-state index in [1.807, 2.05) is 0 Å². The summed E-state index contributed by atoms with van der Waals surface area (Å²) >= 11 is 0. The molecule has 3 aliphatic heterocycles. The van der Waals surface area contributed by atoms with E-state index in [1.54, 1.807) is 0 Å². The van der Waals surface area contributed by atoms with E-state index in [9.17, 15) is 0 Å². The normalized spacial score (nSPS) is 26.8. The summed E-state index contributed by atoms with van der Waals surface area (Å²) in [6.07, 6.45) is 8.64. The fourth-order valence-electron chi connectivity index (χ4n) is 6.01. The van der Waals surface area contributed by atoms with E-state index in [0.717, 1.165) is 17.8 Å². The Labute approximate surface area is 176 Å². The fraction of sp³-hybridized carbons (Fsp3) is 1.00. The third kappa shape index (κ3) is 6.71. The molecule has 0 aromatic heterocycles. The van der Waals surface area contributed by atoms with E-state index in [-0.39, 0.29) is 0 Å². The summed E-state index contributed by atoms with van der Waals surface area (Å²) in [6, 6.07) is 0. The van der Waals surface area contributed by atoms with Crippen molar-refractivity contribution < 1.29 is 0 Å². The average Bonchev–Trinajstić information content (AvgIpc) is 2.62. The largest absolute Gasteiger partial charge is 0.303 e. The summed E-state index contributed by atoms with van der Waals surface area (Å²) in [5, 5.41) is 0. The van der Waals surface area contributed by atoms with Crippen LogP contribution in [-0.4, -0.2) is 72.6 Å². The molecule has 3 fully saturated rings. The molecule has 0 saturated carbocycles. The molecule has 0 radical (unpaired) electrons. The number of hydrogen-bond donors (Lipinski definition) is 0. The van der Waals surface area contributed by atoms with Crippen LogP contribution in [0.1, 0.15) is 80.1 Å². The lowest BCUT2D eigenvalue weighted by atomic mass is 9.78. The smallest absolute Gasteiger partial charge is 0.0125 e. The van der Waals surface area contributed by atoms with Crippen LogP contribution in [0, 0.1) is 23.2 Å². The first-order chi connectivity index (χ1) is 13.1. The zero-order valence-electron chi connectivity index (χ0n) is 20.0. The van der Waals surface area contributed by atoms with Crippen LogP contribution in [0.3, 0.4) is 0 Å². The maximum Gasteiger partial charge on any atom is 0.0125 e. The Balaban J connectivity index is 1.33. The van der Waals surface area contributed by atoms with Gasteiger partial charge in [-0.1, -0.05) is 20.8 Å². The van der Waals surface area contributed by atoms with Crippen molar-refractivity contribution in [3.8, 4) is 0 Å². The van der Waals surface area contributed by atoms with Crippen LogP contribution in [0.4, 0.5) is 0 Å². The highest BCUT2D eigenvalue weighted by Gasteiger charge is 2.33. The van der Waals surface area contributed by atoms with Gasteiger partial charge in [0.1, 0.15) is 0 Å². The van der Waals surface area contributed by atoms with Crippen molar-refractivity contribution >= 4 is 0 Å². The number of hydrogen-bond acceptors (Lipinski definition) is 3. The van der Waals surface area contributed by atoms with Gasteiger partial charge in [-0.3, -0.25) is 4.90 Å². The minimum absolute atomic E-state index is 0.358. The molecule has 3 aliphatic rings. The summed E-state index contributed by atoms with van der Waals surface area (Å²) in [5.74, 6) is 2.95. The molecule has 0 atom stereocenters. The van der Waals surface area contributed by atoms with E-state index in [2.05, 4.69) is 56.2 Å². The van der Waals surface area contributed by atoms with Gasteiger partial charge in [-0.05, 0) is 122 Å². The topological polar surface area (TPSA) is 9.72 Å². The molecule has 0 N–H and O–H groups in total. The third-order valence-corrected chi connectivity index (χ3v) is 7.71. The summed E-state index contributed by atoms with van der Waals surface area (Å²) < 4.78 is 0. The van der Waals surface area contributed by atoms with Gasteiger partial charge in [0.15, 0.2) is 0 Å². The molecule has 3 saturated heterocycles. The number of nitrogens with zero attached hydrogens (tertiary/aromatic N) is 3. The first kappa shape index (κ1) is 22.6. The number of piperidine rings is 3. The first-order valence-electron chi connectivity index (χ1n) is 12.3. The van der Waals surface area contributed by atoms with Crippen LogP contribution in [0.2, 0.25) is 0 Å². The summed E-state index contributed by atoms with van der Waals surface area (Å²) in [7, 11) is 0. The summed E-state index contributed by atoms with van der Waals surface area (Å²) in [6.45, 7) is 24.9. The molecule has 3 nitrogen and oxygen atoms in total. The van der Waals surface area contributed by atoms with Crippen LogP contribution >= 0.6 is 0 Å². The van der Waals surface area contributed by atoms with E-state index in [4.69, 9.17) is 0 Å². The Morgan fingerprint density at radius 1 is 0.607 bits per heavy atom. The Bertz CT molecular complexity index is 451. The van der Waals surface area contributed by atoms with Crippen molar-refractivity contribution in [2.24, 2.45) is 23.2 Å². The molecule has 0 unspecified atom stereocenters. The van der Waals surface area contributed by atoms with Gasteiger partial charge in [0.2, 0.25) is 0 Å². The molecule has 28 heavy (non-hydrogen) atoms. The van der Waals surface area contributed by atoms with Crippen molar-refractivity contribution in [1.82, 2.24) is 14.7 Å². The fourth-order valence-corrected chi connectivity index (χ4v) is 6.01. The highest BCUT2D eigenvalue weighted by Crippen LogP contribution is 2.34. The van der Waals surface area contributed by atoms with Gasteiger partial charge in [-0.25, -0.2) is 0 Å².